The van der Waals surface area contributed by atoms with Gasteiger partial charge in [-0.25, -0.2) is 0 Å². The monoisotopic (exact) mass is 465 g/mol. The second kappa shape index (κ2) is 9.02. The second-order valence-corrected chi connectivity index (χ2v) is 8.74. The number of hydrogen-bond donors (Lipinski definition) is 1. The van der Waals surface area contributed by atoms with E-state index in [1.165, 1.54) is 0 Å². The minimum atomic E-state index is -0.417. The standard InChI is InChI=1S/C25H24ClN3O4/c1-16-15-33-22-11-18(13-28-6-8-32-9-7-28)10-20-23(22)29(16)14-21(24(20)30)25(31)27-12-17-2-4-19(26)5-3-17/h2-5,10-11,14-15H,6-9,12-13H2,1H3,(H,27,31). The number of carbonyl (C=O) groups excluding carboxylic acids is 1. The van der Waals surface area contributed by atoms with E-state index in [0.29, 0.717) is 48.0 Å². The summed E-state index contributed by atoms with van der Waals surface area (Å²) in [4.78, 5) is 28.7. The number of nitrogens with one attached hydrogen (secondary N) is 1. The lowest BCUT2D eigenvalue weighted by Gasteiger charge is -2.27. The first kappa shape index (κ1) is 21.7. The summed E-state index contributed by atoms with van der Waals surface area (Å²) in [5.41, 5.74) is 3.13. The Morgan fingerprint density at radius 2 is 1.88 bits per heavy atom. The smallest absolute Gasteiger partial charge is 0.257 e. The maximum atomic E-state index is 13.4. The maximum absolute atomic E-state index is 13.4. The van der Waals surface area contributed by atoms with Crippen molar-refractivity contribution in [3.63, 3.8) is 0 Å². The highest BCUT2D eigenvalue weighted by Crippen LogP contribution is 2.32. The highest BCUT2D eigenvalue weighted by Gasteiger charge is 2.22. The molecule has 1 fully saturated rings. The molecule has 1 aromatic heterocycles. The fraction of sp³-hybridized carbons (Fsp3) is 0.280. The fourth-order valence-corrected chi connectivity index (χ4v) is 4.33. The third kappa shape index (κ3) is 4.39. The molecule has 1 saturated heterocycles. The minimum Gasteiger partial charge on any atom is -0.461 e. The van der Waals surface area contributed by atoms with Crippen molar-refractivity contribution in [2.75, 3.05) is 26.3 Å². The molecule has 1 N–H and O–H groups in total. The van der Waals surface area contributed by atoms with Gasteiger partial charge in [-0.05, 0) is 42.3 Å². The Hall–Kier alpha value is -3.13. The van der Waals surface area contributed by atoms with E-state index in [1.54, 1.807) is 24.6 Å². The third-order valence-electron chi connectivity index (χ3n) is 5.98. The van der Waals surface area contributed by atoms with Gasteiger partial charge in [0, 0.05) is 37.4 Å². The molecule has 0 aliphatic carbocycles. The number of halogens is 1. The first-order valence-electron chi connectivity index (χ1n) is 10.9. The van der Waals surface area contributed by atoms with E-state index < -0.39 is 5.91 Å². The van der Waals surface area contributed by atoms with Gasteiger partial charge in [0.05, 0.1) is 29.8 Å². The van der Waals surface area contributed by atoms with Crippen LogP contribution in [0.25, 0.3) is 16.6 Å². The van der Waals surface area contributed by atoms with Crippen molar-refractivity contribution >= 4 is 34.1 Å². The van der Waals surface area contributed by atoms with Crippen LogP contribution in [0.4, 0.5) is 0 Å². The molecular weight excluding hydrogens is 442 g/mol. The number of carbonyl (C=O) groups is 1. The highest BCUT2D eigenvalue weighted by molar-refractivity contribution is 6.30. The quantitative estimate of drug-likeness (QED) is 0.623. The number of nitrogens with zero attached hydrogens (tertiary/aromatic N) is 2. The molecule has 0 bridgehead atoms. The molecule has 0 atom stereocenters. The third-order valence-corrected chi connectivity index (χ3v) is 6.23. The number of morpholine rings is 1. The van der Waals surface area contributed by atoms with E-state index in [-0.39, 0.29) is 11.0 Å². The Labute approximate surface area is 196 Å². The van der Waals surface area contributed by atoms with Crippen LogP contribution in [-0.4, -0.2) is 41.7 Å². The van der Waals surface area contributed by atoms with Crippen LogP contribution in [0, 0.1) is 0 Å². The summed E-state index contributed by atoms with van der Waals surface area (Å²) in [7, 11) is 0. The van der Waals surface area contributed by atoms with Crippen LogP contribution in [0.2, 0.25) is 5.02 Å². The van der Waals surface area contributed by atoms with Crippen LogP contribution >= 0.6 is 11.6 Å². The topological polar surface area (TPSA) is 72.8 Å². The van der Waals surface area contributed by atoms with Crippen molar-refractivity contribution in [1.29, 1.82) is 0 Å². The summed E-state index contributed by atoms with van der Waals surface area (Å²) in [6.45, 7) is 5.94. The molecule has 5 rings (SSSR count). The van der Waals surface area contributed by atoms with Crippen molar-refractivity contribution in [3.05, 3.63) is 80.8 Å². The summed E-state index contributed by atoms with van der Waals surface area (Å²) in [6.07, 6.45) is 3.24. The van der Waals surface area contributed by atoms with Gasteiger partial charge in [-0.2, -0.15) is 0 Å². The Kier molecular flexibility index (Phi) is 5.93. The Balaban J connectivity index is 1.50. The van der Waals surface area contributed by atoms with E-state index in [2.05, 4.69) is 10.2 Å². The van der Waals surface area contributed by atoms with E-state index in [4.69, 9.17) is 21.1 Å². The summed E-state index contributed by atoms with van der Waals surface area (Å²) in [5, 5.41) is 3.96. The Bertz CT molecular complexity index is 1310. The maximum Gasteiger partial charge on any atom is 0.257 e. The van der Waals surface area contributed by atoms with Crippen molar-refractivity contribution in [2.45, 2.75) is 20.0 Å². The van der Waals surface area contributed by atoms with Gasteiger partial charge in [0.25, 0.3) is 5.91 Å². The van der Waals surface area contributed by atoms with Crippen molar-refractivity contribution in [2.24, 2.45) is 0 Å². The number of allylic oxidation sites excluding steroid dienone is 1. The van der Waals surface area contributed by atoms with Crippen molar-refractivity contribution in [1.82, 2.24) is 14.8 Å². The van der Waals surface area contributed by atoms with Crippen LogP contribution in [0.15, 0.2) is 53.7 Å². The zero-order valence-corrected chi connectivity index (χ0v) is 19.0. The first-order valence-corrected chi connectivity index (χ1v) is 11.3. The number of ether oxygens (including phenoxy) is 2. The highest BCUT2D eigenvalue weighted by atomic mass is 35.5. The predicted octanol–water partition coefficient (Wildman–Crippen LogP) is 3.63. The first-order chi connectivity index (χ1) is 16.0. The molecule has 1 amide bonds. The number of hydrogen-bond acceptors (Lipinski definition) is 5. The average molecular weight is 466 g/mol. The molecule has 0 unspecified atom stereocenters. The molecule has 170 valence electrons. The molecule has 2 aromatic carbocycles. The number of pyridine rings is 1. The van der Waals surface area contributed by atoms with Crippen LogP contribution in [0.3, 0.4) is 0 Å². The van der Waals surface area contributed by atoms with Gasteiger partial charge in [0.2, 0.25) is 5.43 Å². The zero-order chi connectivity index (χ0) is 22.9. The average Bonchev–Trinajstić information content (AvgIpc) is 2.82. The molecule has 33 heavy (non-hydrogen) atoms. The summed E-state index contributed by atoms with van der Waals surface area (Å²) in [6, 6.07) is 11.1. The molecule has 2 aliphatic heterocycles. The van der Waals surface area contributed by atoms with E-state index in [9.17, 15) is 9.59 Å². The lowest BCUT2D eigenvalue weighted by Crippen LogP contribution is -2.35. The van der Waals surface area contributed by atoms with E-state index in [0.717, 1.165) is 29.9 Å². The van der Waals surface area contributed by atoms with E-state index in [1.807, 2.05) is 35.8 Å². The number of amides is 1. The largest absolute Gasteiger partial charge is 0.461 e. The van der Waals surface area contributed by atoms with Gasteiger partial charge in [-0.15, -0.1) is 0 Å². The zero-order valence-electron chi connectivity index (χ0n) is 18.3. The van der Waals surface area contributed by atoms with Crippen molar-refractivity contribution in [3.8, 4) is 5.75 Å². The van der Waals surface area contributed by atoms with Gasteiger partial charge in [0.15, 0.2) is 5.75 Å². The van der Waals surface area contributed by atoms with Gasteiger partial charge >= 0.3 is 0 Å². The van der Waals surface area contributed by atoms with Crippen molar-refractivity contribution < 1.29 is 14.3 Å². The summed E-state index contributed by atoms with van der Waals surface area (Å²) < 4.78 is 13.1. The minimum absolute atomic E-state index is 0.0978. The number of benzene rings is 2. The summed E-state index contributed by atoms with van der Waals surface area (Å²) >= 11 is 5.93. The van der Waals surface area contributed by atoms with Gasteiger partial charge in [-0.3, -0.25) is 14.5 Å². The second-order valence-electron chi connectivity index (χ2n) is 8.31. The lowest BCUT2D eigenvalue weighted by molar-refractivity contribution is 0.0342. The van der Waals surface area contributed by atoms with Crippen LogP contribution in [0.5, 0.6) is 5.75 Å². The van der Waals surface area contributed by atoms with Gasteiger partial charge in [-0.1, -0.05) is 23.7 Å². The predicted molar refractivity (Wildman–Crippen MR) is 128 cm³/mol. The lowest BCUT2D eigenvalue weighted by atomic mass is 10.0. The van der Waals surface area contributed by atoms with E-state index >= 15 is 0 Å². The van der Waals surface area contributed by atoms with Gasteiger partial charge < -0.3 is 19.4 Å². The summed E-state index contributed by atoms with van der Waals surface area (Å²) in [5.74, 6) is 0.201. The molecule has 8 heteroatoms. The molecule has 0 radical (unpaired) electrons. The Morgan fingerprint density at radius 3 is 2.64 bits per heavy atom. The van der Waals surface area contributed by atoms with Crippen LogP contribution in [-0.2, 0) is 17.8 Å². The SMILES string of the molecule is CC1=COc2cc(CN3CCOCC3)cc3c(=O)c(C(=O)NCc4ccc(Cl)cc4)cn1c23. The fourth-order valence-electron chi connectivity index (χ4n) is 4.21. The number of rotatable bonds is 5. The molecule has 3 aromatic rings. The molecule has 0 saturated carbocycles. The molecule has 7 nitrogen and oxygen atoms in total. The molecular formula is C25H24ClN3O4. The van der Waals surface area contributed by atoms with Gasteiger partial charge in [0.1, 0.15) is 11.8 Å². The Morgan fingerprint density at radius 1 is 1.12 bits per heavy atom. The normalized spacial score (nSPS) is 15.8. The van der Waals surface area contributed by atoms with Crippen LogP contribution < -0.4 is 15.5 Å². The molecule has 0 spiro atoms. The number of aromatic nitrogens is 1. The van der Waals surface area contributed by atoms with Crippen LogP contribution in [0.1, 0.15) is 28.4 Å². The molecule has 3 heterocycles. The molecule has 2 aliphatic rings.